The highest BCUT2D eigenvalue weighted by Gasteiger charge is 2.29. The van der Waals surface area contributed by atoms with E-state index in [0.29, 0.717) is 30.1 Å². The molecule has 0 radical (unpaired) electrons. The van der Waals surface area contributed by atoms with Crippen molar-refractivity contribution in [3.05, 3.63) is 99.9 Å². The number of nitrogens with zero attached hydrogens (tertiary/aromatic N) is 5. The number of aromatic nitrogens is 5. The van der Waals surface area contributed by atoms with Crippen LogP contribution >= 0.6 is 24.0 Å². The number of benzene rings is 1. The predicted molar refractivity (Wildman–Crippen MR) is 152 cm³/mol. The Hall–Kier alpha value is -4.39. The van der Waals surface area contributed by atoms with Gasteiger partial charge in [-0.25, -0.2) is 19.6 Å². The van der Waals surface area contributed by atoms with Crippen molar-refractivity contribution in [1.29, 1.82) is 0 Å². The van der Waals surface area contributed by atoms with Crippen LogP contribution in [-0.4, -0.2) is 54.1 Å². The molecule has 1 aromatic carbocycles. The molecule has 0 bridgehead atoms. The van der Waals surface area contributed by atoms with Gasteiger partial charge in [-0.05, 0) is 60.2 Å². The summed E-state index contributed by atoms with van der Waals surface area (Å²) < 4.78 is 6.33. The molecule has 3 aromatic heterocycles. The van der Waals surface area contributed by atoms with Gasteiger partial charge in [-0.3, -0.25) is 4.79 Å². The Bertz CT molecular complexity index is 1610. The Labute approximate surface area is 246 Å². The Balaban J connectivity index is 0.000000396. The van der Waals surface area contributed by atoms with Crippen molar-refractivity contribution in [3.8, 4) is 0 Å². The van der Waals surface area contributed by atoms with E-state index in [1.807, 2.05) is 19.1 Å². The molecule has 0 aliphatic heterocycles. The van der Waals surface area contributed by atoms with Gasteiger partial charge < -0.3 is 20.9 Å². The van der Waals surface area contributed by atoms with Crippen LogP contribution in [-0.2, 0) is 17.7 Å². The van der Waals surface area contributed by atoms with Crippen molar-refractivity contribution in [2.24, 2.45) is 5.73 Å². The van der Waals surface area contributed by atoms with E-state index in [4.69, 9.17) is 22.1 Å². The first-order chi connectivity index (χ1) is 19.2. The molecule has 3 heterocycles. The second kappa shape index (κ2) is 13.8. The van der Waals surface area contributed by atoms with Gasteiger partial charge in [-0.2, -0.15) is 14.6 Å². The lowest BCUT2D eigenvalue weighted by Gasteiger charge is -2.16. The fourth-order valence-corrected chi connectivity index (χ4v) is 4.55. The van der Waals surface area contributed by atoms with E-state index in [1.54, 1.807) is 18.3 Å². The molecule has 0 unspecified atom stereocenters. The zero-order valence-corrected chi connectivity index (χ0v) is 23.5. The van der Waals surface area contributed by atoms with E-state index in [1.165, 1.54) is 23.0 Å². The molecule has 214 valence electrons. The molecule has 0 spiro atoms. The normalized spacial score (nSPS) is 13.3. The minimum absolute atomic E-state index is 0. The number of halogens is 2. The second-order valence-corrected chi connectivity index (χ2v) is 9.14. The number of carboxylic acids is 1. The summed E-state index contributed by atoms with van der Waals surface area (Å²) in [5.41, 5.74) is 9.27. The molecule has 0 fully saturated rings. The molecule has 5 rings (SSSR count). The number of ether oxygens (including phenoxy) is 1. The molecule has 12 nitrogen and oxygen atoms in total. The van der Waals surface area contributed by atoms with Gasteiger partial charge in [-0.15, -0.1) is 12.4 Å². The maximum atomic E-state index is 13.0. The number of carboxylic acid groups (broad SMARTS) is 1. The predicted octanol–water partition coefficient (Wildman–Crippen LogP) is 3.51. The highest BCUT2D eigenvalue weighted by atomic mass is 35.5. The van der Waals surface area contributed by atoms with Crippen LogP contribution in [0.15, 0.2) is 55.5 Å². The maximum Gasteiger partial charge on any atom is 0.354 e. The summed E-state index contributed by atoms with van der Waals surface area (Å²) in [4.78, 5) is 48.1. The number of nitrogens with two attached hydrogens (primary N) is 1. The molecule has 1 aliphatic carbocycles. The Morgan fingerprint density at radius 3 is 2.71 bits per heavy atom. The Morgan fingerprint density at radius 2 is 2.05 bits per heavy atom. The van der Waals surface area contributed by atoms with Crippen LogP contribution in [0.4, 0.5) is 0 Å². The number of nitrogens with one attached hydrogen (secondary N) is 1. The summed E-state index contributed by atoms with van der Waals surface area (Å²) in [6.07, 6.45) is 5.68. The average molecular weight is 600 g/mol. The number of esters is 1. The molecule has 4 aromatic rings. The molecule has 1 amide bonds. The van der Waals surface area contributed by atoms with Crippen LogP contribution in [0, 0.1) is 6.92 Å². The molecule has 1 atom stereocenters. The number of rotatable bonds is 7. The second-order valence-electron chi connectivity index (χ2n) is 8.75. The first kappa shape index (κ1) is 31.1. The van der Waals surface area contributed by atoms with E-state index in [9.17, 15) is 19.5 Å². The molecule has 41 heavy (non-hydrogen) atoms. The number of hydrogen-bond donors (Lipinski definition) is 3. The van der Waals surface area contributed by atoms with Crippen LogP contribution < -0.4 is 11.1 Å². The van der Waals surface area contributed by atoms with E-state index < -0.39 is 17.8 Å². The molecule has 14 heteroatoms. The first-order valence-corrected chi connectivity index (χ1v) is 12.6. The van der Waals surface area contributed by atoms with Crippen LogP contribution in [0.25, 0.3) is 5.78 Å². The molecule has 0 saturated heterocycles. The summed E-state index contributed by atoms with van der Waals surface area (Å²) >= 11 is 5.56. The van der Waals surface area contributed by atoms with E-state index in [-0.39, 0.29) is 42.2 Å². The van der Waals surface area contributed by atoms with Crippen molar-refractivity contribution in [2.45, 2.75) is 32.4 Å². The number of pyridine rings is 1. The third-order valence-corrected chi connectivity index (χ3v) is 6.49. The van der Waals surface area contributed by atoms with Crippen LogP contribution in [0.2, 0.25) is 5.15 Å². The van der Waals surface area contributed by atoms with Gasteiger partial charge in [0.05, 0.1) is 11.6 Å². The number of amides is 1. The van der Waals surface area contributed by atoms with E-state index in [2.05, 4.69) is 31.9 Å². The standard InChI is InChI=1S/C21H19N5O5.C6H7ClN2.ClH/c1-3-8-31-20(30)13-4-5-14-12(11(13)2)6-7-15(14)24-18(27)17-9-16(19(28)29)25-21-22-10-23-26(17)21;7-6-3-5(4-8)1-2-9-6;/h3-5,9-10,15H,1,6-8H2,2H3,(H,24,27)(H,28,29);1-3H,4,8H2;1H/t15-;;/m0../s1. The summed E-state index contributed by atoms with van der Waals surface area (Å²) in [6.45, 7) is 6.04. The van der Waals surface area contributed by atoms with Gasteiger partial charge >= 0.3 is 11.9 Å². The monoisotopic (exact) mass is 599 g/mol. The summed E-state index contributed by atoms with van der Waals surface area (Å²) in [6, 6.07) is 7.96. The largest absolute Gasteiger partial charge is 0.477 e. The fraction of sp³-hybridized carbons (Fsp3) is 0.222. The van der Waals surface area contributed by atoms with Gasteiger partial charge in [0.1, 0.15) is 23.8 Å². The Morgan fingerprint density at radius 1 is 1.27 bits per heavy atom. The molecule has 0 saturated carbocycles. The van der Waals surface area contributed by atoms with E-state index >= 15 is 0 Å². The van der Waals surface area contributed by atoms with Gasteiger partial charge in [0.25, 0.3) is 11.7 Å². The molecule has 4 N–H and O–H groups in total. The van der Waals surface area contributed by atoms with Crippen molar-refractivity contribution >= 4 is 47.6 Å². The lowest BCUT2D eigenvalue weighted by Crippen LogP contribution is -2.29. The van der Waals surface area contributed by atoms with E-state index in [0.717, 1.165) is 22.3 Å². The average Bonchev–Trinajstić information content (AvgIpc) is 3.59. The van der Waals surface area contributed by atoms with Crippen molar-refractivity contribution < 1.29 is 24.2 Å². The zero-order valence-electron chi connectivity index (χ0n) is 21.9. The third kappa shape index (κ3) is 7.04. The van der Waals surface area contributed by atoms with Crippen LogP contribution in [0.3, 0.4) is 0 Å². The van der Waals surface area contributed by atoms with Crippen LogP contribution in [0.1, 0.15) is 66.1 Å². The van der Waals surface area contributed by atoms with Crippen LogP contribution in [0.5, 0.6) is 0 Å². The van der Waals surface area contributed by atoms with Crippen molar-refractivity contribution in [2.75, 3.05) is 6.61 Å². The third-order valence-electron chi connectivity index (χ3n) is 6.28. The summed E-state index contributed by atoms with van der Waals surface area (Å²) in [7, 11) is 0. The molecular weight excluding hydrogens is 573 g/mol. The highest BCUT2D eigenvalue weighted by Crippen LogP contribution is 2.35. The maximum absolute atomic E-state index is 13.0. The number of aromatic carboxylic acids is 1. The molecule has 1 aliphatic rings. The van der Waals surface area contributed by atoms with Crippen molar-refractivity contribution in [1.82, 2.24) is 29.9 Å². The summed E-state index contributed by atoms with van der Waals surface area (Å²) in [5.74, 6) is -2.16. The number of hydrogen-bond acceptors (Lipinski definition) is 9. The lowest BCUT2D eigenvalue weighted by atomic mass is 9.98. The number of carbonyl (C=O) groups excluding carboxylic acids is 2. The minimum atomic E-state index is -1.27. The fourth-order valence-electron chi connectivity index (χ4n) is 4.35. The first-order valence-electron chi connectivity index (χ1n) is 12.2. The van der Waals surface area contributed by atoms with Gasteiger partial charge in [-0.1, -0.05) is 30.3 Å². The SMILES string of the molecule is C=CCOC(=O)c1ccc2c(c1C)CC[C@@H]2NC(=O)c1cc(C(=O)O)nc2ncnn12.Cl.NCc1ccnc(Cl)c1. The zero-order chi connectivity index (χ0) is 28.8. The van der Waals surface area contributed by atoms with Gasteiger partial charge in [0.2, 0.25) is 0 Å². The molecular formula is C27H27Cl2N7O5. The topological polar surface area (TPSA) is 175 Å². The number of fused-ring (bicyclic) bond motifs is 2. The quantitative estimate of drug-likeness (QED) is 0.162. The van der Waals surface area contributed by atoms with Crippen molar-refractivity contribution in [3.63, 3.8) is 0 Å². The summed E-state index contributed by atoms with van der Waals surface area (Å²) in [5, 5.41) is 16.7. The number of carbonyl (C=O) groups is 3. The van der Waals surface area contributed by atoms with Gasteiger partial charge in [0.15, 0.2) is 5.69 Å². The minimum Gasteiger partial charge on any atom is -0.477 e. The Kier molecular flexibility index (Phi) is 10.5. The smallest absolute Gasteiger partial charge is 0.354 e. The lowest BCUT2D eigenvalue weighted by molar-refractivity contribution is 0.0548. The highest BCUT2D eigenvalue weighted by molar-refractivity contribution is 6.29. The van der Waals surface area contributed by atoms with Gasteiger partial charge in [0, 0.05) is 18.8 Å².